The molecule has 0 saturated heterocycles. The highest BCUT2D eigenvalue weighted by Crippen LogP contribution is 2.17. The zero-order valence-electron chi connectivity index (χ0n) is 9.55. The van der Waals surface area contributed by atoms with E-state index in [1.54, 1.807) is 6.92 Å². The van der Waals surface area contributed by atoms with Gasteiger partial charge in [0.15, 0.2) is 0 Å². The Hall–Kier alpha value is -1.31. The van der Waals surface area contributed by atoms with E-state index in [1.807, 2.05) is 18.2 Å². The molecule has 0 unspecified atom stereocenters. The molecular formula is C13H19NO. The van der Waals surface area contributed by atoms with Crippen molar-refractivity contribution in [1.82, 2.24) is 0 Å². The Labute approximate surface area is 91.7 Å². The molecule has 0 aliphatic rings. The van der Waals surface area contributed by atoms with Crippen LogP contribution in [-0.4, -0.2) is 5.91 Å². The minimum atomic E-state index is -0.00191. The summed E-state index contributed by atoms with van der Waals surface area (Å²) < 4.78 is 0. The van der Waals surface area contributed by atoms with Gasteiger partial charge in [-0.15, -0.1) is 0 Å². The topological polar surface area (TPSA) is 29.1 Å². The molecule has 1 rings (SSSR count). The number of aryl methyl sites for hydroxylation is 1. The van der Waals surface area contributed by atoms with Crippen molar-refractivity contribution in [3.8, 4) is 0 Å². The maximum absolute atomic E-state index is 11.0. The monoisotopic (exact) mass is 205 g/mol. The van der Waals surface area contributed by atoms with E-state index in [-0.39, 0.29) is 5.91 Å². The molecule has 1 aromatic carbocycles. The Morgan fingerprint density at radius 2 is 2.00 bits per heavy atom. The molecule has 0 spiro atoms. The first-order valence-electron chi connectivity index (χ1n) is 5.59. The van der Waals surface area contributed by atoms with Gasteiger partial charge in [0, 0.05) is 12.6 Å². The van der Waals surface area contributed by atoms with Crippen LogP contribution >= 0.6 is 0 Å². The second-order valence-electron chi connectivity index (χ2n) is 3.80. The van der Waals surface area contributed by atoms with Gasteiger partial charge < -0.3 is 5.32 Å². The van der Waals surface area contributed by atoms with Crippen molar-refractivity contribution in [2.75, 3.05) is 5.32 Å². The molecule has 2 nitrogen and oxygen atoms in total. The average molecular weight is 205 g/mol. The molecule has 0 aliphatic carbocycles. The van der Waals surface area contributed by atoms with Gasteiger partial charge in [-0.1, -0.05) is 38.0 Å². The smallest absolute Gasteiger partial charge is 0.221 e. The van der Waals surface area contributed by atoms with E-state index in [0.29, 0.717) is 0 Å². The lowest BCUT2D eigenvalue weighted by molar-refractivity contribution is -0.114. The summed E-state index contributed by atoms with van der Waals surface area (Å²) in [6.45, 7) is 3.74. The van der Waals surface area contributed by atoms with Crippen molar-refractivity contribution in [2.45, 2.75) is 39.5 Å². The standard InChI is InChI=1S/C13H19NO/c1-3-4-5-8-12-9-6-7-10-13(12)14-11(2)15/h6-7,9-10H,3-5,8H2,1-2H3,(H,14,15). The Morgan fingerprint density at radius 3 is 2.67 bits per heavy atom. The van der Waals surface area contributed by atoms with Gasteiger partial charge in [-0.2, -0.15) is 0 Å². The number of carbonyl (C=O) groups excluding carboxylic acids is 1. The molecule has 1 aromatic rings. The third kappa shape index (κ3) is 4.15. The lowest BCUT2D eigenvalue weighted by Gasteiger charge is -2.09. The highest BCUT2D eigenvalue weighted by Gasteiger charge is 2.02. The summed E-state index contributed by atoms with van der Waals surface area (Å²) in [6.07, 6.45) is 4.70. The third-order valence-corrected chi connectivity index (χ3v) is 2.38. The minimum absolute atomic E-state index is 0.00191. The van der Waals surface area contributed by atoms with Gasteiger partial charge in [-0.05, 0) is 24.5 Å². The number of unbranched alkanes of at least 4 members (excludes halogenated alkanes) is 2. The molecule has 1 N–H and O–H groups in total. The predicted molar refractivity (Wildman–Crippen MR) is 64.0 cm³/mol. The lowest BCUT2D eigenvalue weighted by Crippen LogP contribution is -2.07. The summed E-state index contributed by atoms with van der Waals surface area (Å²) in [5, 5.41) is 2.86. The number of para-hydroxylation sites is 1. The third-order valence-electron chi connectivity index (χ3n) is 2.38. The molecule has 0 aliphatic heterocycles. The Bertz CT molecular complexity index is 320. The van der Waals surface area contributed by atoms with E-state index in [4.69, 9.17) is 0 Å². The molecular weight excluding hydrogens is 186 g/mol. The van der Waals surface area contributed by atoms with Crippen molar-refractivity contribution >= 4 is 11.6 Å². The fourth-order valence-corrected chi connectivity index (χ4v) is 1.62. The zero-order chi connectivity index (χ0) is 11.1. The van der Waals surface area contributed by atoms with Gasteiger partial charge in [-0.25, -0.2) is 0 Å². The number of anilines is 1. The van der Waals surface area contributed by atoms with Crippen molar-refractivity contribution in [3.63, 3.8) is 0 Å². The van der Waals surface area contributed by atoms with Crippen molar-refractivity contribution in [3.05, 3.63) is 29.8 Å². The van der Waals surface area contributed by atoms with Crippen LogP contribution in [0.1, 0.15) is 38.7 Å². The molecule has 0 heterocycles. The van der Waals surface area contributed by atoms with Crippen molar-refractivity contribution in [2.24, 2.45) is 0 Å². The van der Waals surface area contributed by atoms with E-state index in [0.717, 1.165) is 12.1 Å². The molecule has 0 atom stereocenters. The molecule has 0 saturated carbocycles. The van der Waals surface area contributed by atoms with Crippen LogP contribution in [-0.2, 0) is 11.2 Å². The Balaban J connectivity index is 2.64. The summed E-state index contributed by atoms with van der Waals surface area (Å²) in [6, 6.07) is 8.02. The minimum Gasteiger partial charge on any atom is -0.326 e. The van der Waals surface area contributed by atoms with Crippen LogP contribution in [0.2, 0.25) is 0 Å². The number of hydrogen-bond donors (Lipinski definition) is 1. The highest BCUT2D eigenvalue weighted by atomic mass is 16.1. The van der Waals surface area contributed by atoms with Gasteiger partial charge in [-0.3, -0.25) is 4.79 Å². The van der Waals surface area contributed by atoms with Crippen LogP contribution in [0, 0.1) is 0 Å². The molecule has 0 bridgehead atoms. The molecule has 0 fully saturated rings. The zero-order valence-corrected chi connectivity index (χ0v) is 9.55. The van der Waals surface area contributed by atoms with E-state index in [2.05, 4.69) is 18.3 Å². The first-order valence-corrected chi connectivity index (χ1v) is 5.59. The fourth-order valence-electron chi connectivity index (χ4n) is 1.62. The molecule has 1 amide bonds. The normalized spacial score (nSPS) is 10.0. The number of hydrogen-bond acceptors (Lipinski definition) is 1. The largest absolute Gasteiger partial charge is 0.326 e. The molecule has 0 radical (unpaired) electrons. The lowest BCUT2D eigenvalue weighted by atomic mass is 10.1. The Morgan fingerprint density at radius 1 is 1.27 bits per heavy atom. The predicted octanol–water partition coefficient (Wildman–Crippen LogP) is 3.38. The second kappa shape index (κ2) is 6.23. The van der Waals surface area contributed by atoms with Crippen LogP contribution in [0.25, 0.3) is 0 Å². The molecule has 0 aromatic heterocycles. The van der Waals surface area contributed by atoms with Gasteiger partial charge in [0.2, 0.25) is 5.91 Å². The number of nitrogens with one attached hydrogen (secondary N) is 1. The van der Waals surface area contributed by atoms with Crippen LogP contribution in [0.15, 0.2) is 24.3 Å². The maximum atomic E-state index is 11.0. The van der Waals surface area contributed by atoms with E-state index in [9.17, 15) is 4.79 Å². The van der Waals surface area contributed by atoms with E-state index < -0.39 is 0 Å². The van der Waals surface area contributed by atoms with Crippen molar-refractivity contribution in [1.29, 1.82) is 0 Å². The summed E-state index contributed by atoms with van der Waals surface area (Å²) in [5.74, 6) is -0.00191. The second-order valence-corrected chi connectivity index (χ2v) is 3.80. The van der Waals surface area contributed by atoms with E-state index >= 15 is 0 Å². The van der Waals surface area contributed by atoms with Gasteiger partial charge in [0.25, 0.3) is 0 Å². The average Bonchev–Trinajstić information content (AvgIpc) is 2.20. The summed E-state index contributed by atoms with van der Waals surface area (Å²) in [5.41, 5.74) is 2.20. The summed E-state index contributed by atoms with van der Waals surface area (Å²) in [7, 11) is 0. The fraction of sp³-hybridized carbons (Fsp3) is 0.462. The number of carbonyl (C=O) groups is 1. The van der Waals surface area contributed by atoms with Crippen LogP contribution in [0.3, 0.4) is 0 Å². The summed E-state index contributed by atoms with van der Waals surface area (Å²) in [4.78, 5) is 11.0. The molecule has 82 valence electrons. The Kier molecular flexibility index (Phi) is 4.88. The van der Waals surface area contributed by atoms with Crippen LogP contribution in [0.5, 0.6) is 0 Å². The van der Waals surface area contributed by atoms with Crippen molar-refractivity contribution < 1.29 is 4.79 Å². The van der Waals surface area contributed by atoms with E-state index in [1.165, 1.54) is 24.8 Å². The van der Waals surface area contributed by atoms with Gasteiger partial charge >= 0.3 is 0 Å². The highest BCUT2D eigenvalue weighted by molar-refractivity contribution is 5.89. The molecule has 2 heteroatoms. The number of amides is 1. The summed E-state index contributed by atoms with van der Waals surface area (Å²) >= 11 is 0. The van der Waals surface area contributed by atoms with Crippen LogP contribution < -0.4 is 5.32 Å². The molecule has 15 heavy (non-hydrogen) atoms. The first kappa shape index (κ1) is 11.8. The number of rotatable bonds is 5. The van der Waals surface area contributed by atoms with Gasteiger partial charge in [0.1, 0.15) is 0 Å². The van der Waals surface area contributed by atoms with Gasteiger partial charge in [0.05, 0.1) is 0 Å². The van der Waals surface area contributed by atoms with Crippen LogP contribution in [0.4, 0.5) is 5.69 Å². The number of benzene rings is 1. The SMILES string of the molecule is CCCCCc1ccccc1NC(C)=O. The first-order chi connectivity index (χ1) is 7.24. The quantitative estimate of drug-likeness (QED) is 0.733. The maximum Gasteiger partial charge on any atom is 0.221 e.